The van der Waals surface area contributed by atoms with E-state index >= 15 is 0 Å². The molecule has 0 bridgehead atoms. The van der Waals surface area contributed by atoms with Crippen LogP contribution < -0.4 is 10.1 Å². The Balaban J connectivity index is 1.76. The van der Waals surface area contributed by atoms with Gasteiger partial charge < -0.3 is 15.0 Å². The van der Waals surface area contributed by atoms with Crippen molar-refractivity contribution < 1.29 is 9.53 Å². The van der Waals surface area contributed by atoms with Gasteiger partial charge in [0.05, 0.1) is 7.11 Å². The molecule has 2 aromatic carbocycles. The Labute approximate surface area is 135 Å². The summed E-state index contributed by atoms with van der Waals surface area (Å²) >= 11 is 0. The Morgan fingerprint density at radius 2 is 2.00 bits per heavy atom. The van der Waals surface area contributed by atoms with Crippen LogP contribution >= 0.6 is 0 Å². The number of amides is 1. The summed E-state index contributed by atoms with van der Waals surface area (Å²) < 4.78 is 5.19. The second kappa shape index (κ2) is 6.16. The molecule has 0 aliphatic heterocycles. The molecule has 0 spiro atoms. The van der Waals surface area contributed by atoms with Crippen LogP contribution in [0, 0.1) is 13.8 Å². The molecule has 0 saturated carbocycles. The van der Waals surface area contributed by atoms with Crippen LogP contribution in [0.1, 0.15) is 27.2 Å². The summed E-state index contributed by atoms with van der Waals surface area (Å²) in [6.45, 7) is 4.57. The van der Waals surface area contributed by atoms with Gasteiger partial charge in [-0.3, -0.25) is 4.79 Å². The van der Waals surface area contributed by atoms with Crippen LogP contribution in [0.4, 0.5) is 0 Å². The number of aromatic nitrogens is 1. The van der Waals surface area contributed by atoms with Gasteiger partial charge in [0.25, 0.3) is 5.91 Å². The fourth-order valence-corrected chi connectivity index (χ4v) is 2.67. The zero-order valence-electron chi connectivity index (χ0n) is 13.6. The number of fused-ring (bicyclic) bond motifs is 1. The van der Waals surface area contributed by atoms with Crippen LogP contribution in [0.5, 0.6) is 5.75 Å². The topological polar surface area (TPSA) is 54.1 Å². The molecule has 4 nitrogen and oxygen atoms in total. The van der Waals surface area contributed by atoms with Crippen LogP contribution in [-0.4, -0.2) is 18.0 Å². The fourth-order valence-electron chi connectivity index (χ4n) is 2.67. The Bertz CT molecular complexity index is 865. The van der Waals surface area contributed by atoms with Gasteiger partial charge in [0.2, 0.25) is 0 Å². The summed E-state index contributed by atoms with van der Waals surface area (Å²) in [7, 11) is 1.63. The number of benzene rings is 2. The summed E-state index contributed by atoms with van der Waals surface area (Å²) in [5.74, 6) is 0.713. The number of carbonyl (C=O) groups is 1. The lowest BCUT2D eigenvalue weighted by Crippen LogP contribution is -2.22. The van der Waals surface area contributed by atoms with Gasteiger partial charge in [0, 0.05) is 28.7 Å². The van der Waals surface area contributed by atoms with Crippen LogP contribution in [-0.2, 0) is 6.54 Å². The molecule has 4 heteroatoms. The molecule has 0 aliphatic carbocycles. The minimum atomic E-state index is -0.0760. The Morgan fingerprint density at radius 1 is 1.17 bits per heavy atom. The highest BCUT2D eigenvalue weighted by atomic mass is 16.5. The quantitative estimate of drug-likeness (QED) is 0.771. The van der Waals surface area contributed by atoms with Crippen LogP contribution in [0.15, 0.2) is 42.5 Å². The second-order valence-electron chi connectivity index (χ2n) is 5.67. The highest BCUT2D eigenvalue weighted by molar-refractivity contribution is 5.99. The number of rotatable bonds is 4. The number of aromatic amines is 1. The first kappa shape index (κ1) is 15.2. The van der Waals surface area contributed by atoms with Crippen molar-refractivity contribution >= 4 is 16.8 Å². The molecule has 0 radical (unpaired) electrons. The summed E-state index contributed by atoms with van der Waals surface area (Å²) in [6.07, 6.45) is 0. The molecule has 1 aromatic heterocycles. The maximum atomic E-state index is 12.4. The molecule has 0 aliphatic rings. The van der Waals surface area contributed by atoms with E-state index in [0.717, 1.165) is 27.9 Å². The third-order valence-electron chi connectivity index (χ3n) is 4.16. The van der Waals surface area contributed by atoms with Crippen molar-refractivity contribution in [2.45, 2.75) is 20.4 Å². The fraction of sp³-hybridized carbons (Fsp3) is 0.211. The number of carbonyl (C=O) groups excluding carboxylic acids is 1. The van der Waals surface area contributed by atoms with E-state index < -0.39 is 0 Å². The van der Waals surface area contributed by atoms with E-state index in [9.17, 15) is 4.79 Å². The number of methoxy groups -OCH3 is 1. The molecule has 3 rings (SSSR count). The molecule has 0 fully saturated rings. The molecule has 0 saturated heterocycles. The standard InChI is InChI=1S/C19H20N2O2/c1-12-13(2)21-18-8-7-15(10-17(12)18)19(22)20-11-14-5-4-6-16(9-14)23-3/h4-10,21H,11H2,1-3H3,(H,20,22). The molecule has 118 valence electrons. The number of ether oxygens (including phenoxy) is 1. The van der Waals surface area contributed by atoms with Gasteiger partial charge in [-0.2, -0.15) is 0 Å². The van der Waals surface area contributed by atoms with E-state index in [-0.39, 0.29) is 5.91 Å². The highest BCUT2D eigenvalue weighted by Crippen LogP contribution is 2.22. The Kier molecular flexibility index (Phi) is 4.06. The van der Waals surface area contributed by atoms with E-state index in [4.69, 9.17) is 4.74 Å². The Hall–Kier alpha value is -2.75. The van der Waals surface area contributed by atoms with Crippen molar-refractivity contribution in [2.24, 2.45) is 0 Å². The lowest BCUT2D eigenvalue weighted by molar-refractivity contribution is 0.0951. The maximum Gasteiger partial charge on any atom is 0.251 e. The van der Waals surface area contributed by atoms with Crippen molar-refractivity contribution in [3.63, 3.8) is 0 Å². The average molecular weight is 308 g/mol. The van der Waals surface area contributed by atoms with E-state index in [1.807, 2.05) is 49.4 Å². The van der Waals surface area contributed by atoms with Gasteiger partial charge in [-0.05, 0) is 55.3 Å². The SMILES string of the molecule is COc1cccc(CNC(=O)c2ccc3[nH]c(C)c(C)c3c2)c1. The molecular formula is C19H20N2O2. The normalized spacial score (nSPS) is 10.7. The molecule has 1 heterocycles. The molecule has 0 atom stereocenters. The van der Waals surface area contributed by atoms with E-state index in [1.54, 1.807) is 7.11 Å². The maximum absolute atomic E-state index is 12.4. The van der Waals surface area contributed by atoms with Crippen molar-refractivity contribution in [1.82, 2.24) is 10.3 Å². The van der Waals surface area contributed by atoms with Crippen molar-refractivity contribution in [1.29, 1.82) is 0 Å². The number of nitrogens with one attached hydrogen (secondary N) is 2. The first-order chi connectivity index (χ1) is 11.1. The van der Waals surface area contributed by atoms with Crippen molar-refractivity contribution in [2.75, 3.05) is 7.11 Å². The number of hydrogen-bond donors (Lipinski definition) is 2. The zero-order valence-corrected chi connectivity index (χ0v) is 13.6. The molecule has 2 N–H and O–H groups in total. The number of aryl methyl sites for hydroxylation is 2. The van der Waals surface area contributed by atoms with Crippen molar-refractivity contribution in [3.05, 3.63) is 64.8 Å². The van der Waals surface area contributed by atoms with Crippen LogP contribution in [0.25, 0.3) is 10.9 Å². The van der Waals surface area contributed by atoms with Gasteiger partial charge >= 0.3 is 0 Å². The van der Waals surface area contributed by atoms with Crippen LogP contribution in [0.2, 0.25) is 0 Å². The molecule has 23 heavy (non-hydrogen) atoms. The average Bonchev–Trinajstić information content (AvgIpc) is 2.87. The summed E-state index contributed by atoms with van der Waals surface area (Å²) in [4.78, 5) is 15.7. The van der Waals surface area contributed by atoms with Gasteiger partial charge in [0.15, 0.2) is 0 Å². The molecule has 1 amide bonds. The highest BCUT2D eigenvalue weighted by Gasteiger charge is 2.10. The summed E-state index contributed by atoms with van der Waals surface area (Å²) in [6, 6.07) is 13.4. The molecule has 0 unspecified atom stereocenters. The molecule has 3 aromatic rings. The largest absolute Gasteiger partial charge is 0.497 e. The zero-order chi connectivity index (χ0) is 16.4. The predicted octanol–water partition coefficient (Wildman–Crippen LogP) is 3.72. The van der Waals surface area contributed by atoms with E-state index in [2.05, 4.69) is 17.2 Å². The van der Waals surface area contributed by atoms with E-state index in [1.165, 1.54) is 5.56 Å². The number of hydrogen-bond acceptors (Lipinski definition) is 2. The lowest BCUT2D eigenvalue weighted by Gasteiger charge is -2.07. The minimum Gasteiger partial charge on any atom is -0.497 e. The second-order valence-corrected chi connectivity index (χ2v) is 5.67. The first-order valence-electron chi connectivity index (χ1n) is 7.58. The van der Waals surface area contributed by atoms with Gasteiger partial charge in [-0.1, -0.05) is 12.1 Å². The van der Waals surface area contributed by atoms with Crippen LogP contribution in [0.3, 0.4) is 0 Å². The minimum absolute atomic E-state index is 0.0760. The van der Waals surface area contributed by atoms with E-state index in [0.29, 0.717) is 12.1 Å². The third kappa shape index (κ3) is 3.06. The number of H-pyrrole nitrogens is 1. The smallest absolute Gasteiger partial charge is 0.251 e. The van der Waals surface area contributed by atoms with Gasteiger partial charge in [0.1, 0.15) is 5.75 Å². The molecular weight excluding hydrogens is 288 g/mol. The van der Waals surface area contributed by atoms with Gasteiger partial charge in [-0.15, -0.1) is 0 Å². The first-order valence-corrected chi connectivity index (χ1v) is 7.58. The Morgan fingerprint density at radius 3 is 2.78 bits per heavy atom. The predicted molar refractivity (Wildman–Crippen MR) is 91.9 cm³/mol. The lowest BCUT2D eigenvalue weighted by atomic mass is 10.1. The third-order valence-corrected chi connectivity index (χ3v) is 4.16. The summed E-state index contributed by atoms with van der Waals surface area (Å²) in [5.41, 5.74) is 5.05. The monoisotopic (exact) mass is 308 g/mol. The van der Waals surface area contributed by atoms with Crippen molar-refractivity contribution in [3.8, 4) is 5.75 Å². The van der Waals surface area contributed by atoms with Gasteiger partial charge in [-0.25, -0.2) is 0 Å². The summed E-state index contributed by atoms with van der Waals surface area (Å²) in [5, 5.41) is 4.05.